The highest BCUT2D eigenvalue weighted by atomic mass is 16.5. The summed E-state index contributed by atoms with van der Waals surface area (Å²) in [6, 6.07) is 8.35. The molecule has 0 radical (unpaired) electrons. The first-order valence-electron chi connectivity index (χ1n) is 5.85. The Hall–Kier alpha value is -1.68. The van der Waals surface area contributed by atoms with Crippen LogP contribution in [-0.2, 0) is 13.0 Å². The van der Waals surface area contributed by atoms with Gasteiger partial charge >= 0.3 is 0 Å². The number of rotatable bonds is 5. The van der Waals surface area contributed by atoms with E-state index < -0.39 is 0 Å². The molecule has 90 valence electrons. The van der Waals surface area contributed by atoms with E-state index in [2.05, 4.69) is 46.6 Å². The number of nitrogens with zero attached hydrogens (tertiary/aromatic N) is 2. The Morgan fingerprint density at radius 3 is 2.71 bits per heavy atom. The van der Waals surface area contributed by atoms with Gasteiger partial charge in [-0.25, -0.2) is 0 Å². The quantitative estimate of drug-likeness (QED) is 0.856. The average molecular weight is 231 g/mol. The molecule has 0 saturated heterocycles. The molecule has 17 heavy (non-hydrogen) atoms. The Kier molecular flexibility index (Phi) is 3.88. The molecule has 0 aliphatic rings. The van der Waals surface area contributed by atoms with Crippen molar-refractivity contribution < 1.29 is 4.52 Å². The standard InChI is InChI=1S/C13H17N3O/c1-3-14-9-12-15-13(17-16-12)8-11-6-4-10(2)5-7-11/h4-7,14H,3,8-9H2,1-2H3. The molecule has 0 amide bonds. The lowest BCUT2D eigenvalue weighted by Crippen LogP contribution is -2.12. The van der Waals surface area contributed by atoms with E-state index >= 15 is 0 Å². The van der Waals surface area contributed by atoms with Crippen LogP contribution in [-0.4, -0.2) is 16.7 Å². The third-order valence-corrected chi connectivity index (χ3v) is 2.52. The van der Waals surface area contributed by atoms with Gasteiger partial charge in [-0.3, -0.25) is 0 Å². The largest absolute Gasteiger partial charge is 0.339 e. The summed E-state index contributed by atoms with van der Waals surface area (Å²) in [4.78, 5) is 4.33. The molecule has 4 nitrogen and oxygen atoms in total. The summed E-state index contributed by atoms with van der Waals surface area (Å²) >= 11 is 0. The SMILES string of the molecule is CCNCc1noc(Cc2ccc(C)cc2)n1. The molecule has 1 aromatic carbocycles. The number of benzene rings is 1. The van der Waals surface area contributed by atoms with Gasteiger partial charge in [-0.15, -0.1) is 0 Å². The van der Waals surface area contributed by atoms with Crippen molar-refractivity contribution in [1.82, 2.24) is 15.5 Å². The lowest BCUT2D eigenvalue weighted by Gasteiger charge is -1.97. The number of nitrogens with one attached hydrogen (secondary N) is 1. The van der Waals surface area contributed by atoms with Gasteiger partial charge in [0.25, 0.3) is 0 Å². The fourth-order valence-corrected chi connectivity index (χ4v) is 1.55. The molecule has 1 heterocycles. The highest BCUT2D eigenvalue weighted by molar-refractivity contribution is 5.23. The van der Waals surface area contributed by atoms with Gasteiger partial charge in [0.2, 0.25) is 5.89 Å². The molecular formula is C13H17N3O. The van der Waals surface area contributed by atoms with E-state index in [0.29, 0.717) is 24.7 Å². The monoisotopic (exact) mass is 231 g/mol. The zero-order chi connectivity index (χ0) is 12.1. The molecule has 0 fully saturated rings. The predicted octanol–water partition coefficient (Wildman–Crippen LogP) is 2.08. The Labute approximate surface area is 101 Å². The number of hydrogen-bond acceptors (Lipinski definition) is 4. The highest BCUT2D eigenvalue weighted by Gasteiger charge is 2.06. The second-order valence-electron chi connectivity index (χ2n) is 4.05. The molecular weight excluding hydrogens is 214 g/mol. The minimum Gasteiger partial charge on any atom is -0.339 e. The Morgan fingerprint density at radius 1 is 1.24 bits per heavy atom. The molecule has 0 aliphatic carbocycles. The second-order valence-corrected chi connectivity index (χ2v) is 4.05. The van der Waals surface area contributed by atoms with Gasteiger partial charge in [-0.1, -0.05) is 41.9 Å². The average Bonchev–Trinajstić information content (AvgIpc) is 2.77. The van der Waals surface area contributed by atoms with Crippen LogP contribution >= 0.6 is 0 Å². The van der Waals surface area contributed by atoms with Crippen LogP contribution < -0.4 is 5.32 Å². The topological polar surface area (TPSA) is 51.0 Å². The first-order valence-corrected chi connectivity index (χ1v) is 5.85. The van der Waals surface area contributed by atoms with Crippen LogP contribution in [0.2, 0.25) is 0 Å². The fourth-order valence-electron chi connectivity index (χ4n) is 1.55. The summed E-state index contributed by atoms with van der Waals surface area (Å²) in [6.45, 7) is 5.69. The predicted molar refractivity (Wildman–Crippen MR) is 65.7 cm³/mol. The molecule has 0 aliphatic heterocycles. The Bertz CT molecular complexity index is 462. The van der Waals surface area contributed by atoms with Crippen molar-refractivity contribution >= 4 is 0 Å². The molecule has 0 saturated carbocycles. The van der Waals surface area contributed by atoms with Gasteiger partial charge in [0.15, 0.2) is 5.82 Å². The van der Waals surface area contributed by atoms with Crippen molar-refractivity contribution in [3.05, 3.63) is 47.1 Å². The minimum atomic E-state index is 0.661. The van der Waals surface area contributed by atoms with Crippen LogP contribution in [0.15, 0.2) is 28.8 Å². The maximum atomic E-state index is 5.19. The van der Waals surface area contributed by atoms with Crippen molar-refractivity contribution in [2.75, 3.05) is 6.54 Å². The second kappa shape index (κ2) is 5.59. The van der Waals surface area contributed by atoms with E-state index in [4.69, 9.17) is 4.52 Å². The van der Waals surface area contributed by atoms with Gasteiger partial charge in [0.1, 0.15) is 0 Å². The van der Waals surface area contributed by atoms with Crippen molar-refractivity contribution in [2.45, 2.75) is 26.8 Å². The molecule has 0 unspecified atom stereocenters. The summed E-state index contributed by atoms with van der Waals surface area (Å²) in [6.07, 6.45) is 0.694. The van der Waals surface area contributed by atoms with E-state index in [9.17, 15) is 0 Å². The van der Waals surface area contributed by atoms with Gasteiger partial charge < -0.3 is 9.84 Å². The number of aryl methyl sites for hydroxylation is 1. The Morgan fingerprint density at radius 2 is 2.00 bits per heavy atom. The molecule has 0 spiro atoms. The zero-order valence-corrected chi connectivity index (χ0v) is 10.2. The molecule has 1 aromatic heterocycles. The van der Waals surface area contributed by atoms with Crippen LogP contribution in [0.1, 0.15) is 29.8 Å². The maximum Gasteiger partial charge on any atom is 0.231 e. The molecule has 0 atom stereocenters. The van der Waals surface area contributed by atoms with Gasteiger partial charge in [-0.05, 0) is 19.0 Å². The highest BCUT2D eigenvalue weighted by Crippen LogP contribution is 2.09. The third kappa shape index (κ3) is 3.39. The van der Waals surface area contributed by atoms with Crippen molar-refractivity contribution in [2.24, 2.45) is 0 Å². The molecule has 4 heteroatoms. The normalized spacial score (nSPS) is 10.7. The number of aromatic nitrogens is 2. The van der Waals surface area contributed by atoms with Crippen LogP contribution in [0.4, 0.5) is 0 Å². The van der Waals surface area contributed by atoms with Crippen molar-refractivity contribution in [3.8, 4) is 0 Å². The lowest BCUT2D eigenvalue weighted by atomic mass is 10.1. The Balaban J connectivity index is 1.98. The van der Waals surface area contributed by atoms with E-state index in [-0.39, 0.29) is 0 Å². The maximum absolute atomic E-state index is 5.19. The molecule has 0 bridgehead atoms. The van der Waals surface area contributed by atoms with Crippen LogP contribution in [0, 0.1) is 6.92 Å². The van der Waals surface area contributed by atoms with Crippen LogP contribution in [0.3, 0.4) is 0 Å². The van der Waals surface area contributed by atoms with Crippen molar-refractivity contribution in [1.29, 1.82) is 0 Å². The first kappa shape index (κ1) is 11.8. The van der Waals surface area contributed by atoms with Gasteiger partial charge in [-0.2, -0.15) is 4.98 Å². The van der Waals surface area contributed by atoms with Crippen LogP contribution in [0.5, 0.6) is 0 Å². The summed E-state index contributed by atoms with van der Waals surface area (Å²) < 4.78 is 5.19. The molecule has 2 rings (SSSR count). The number of hydrogen-bond donors (Lipinski definition) is 1. The molecule has 2 aromatic rings. The van der Waals surface area contributed by atoms with E-state index in [1.54, 1.807) is 0 Å². The molecule has 1 N–H and O–H groups in total. The summed E-state index contributed by atoms with van der Waals surface area (Å²) in [5.41, 5.74) is 2.45. The minimum absolute atomic E-state index is 0.661. The first-order chi connectivity index (χ1) is 8.28. The van der Waals surface area contributed by atoms with Crippen molar-refractivity contribution in [3.63, 3.8) is 0 Å². The van der Waals surface area contributed by atoms with Gasteiger partial charge in [0.05, 0.1) is 13.0 Å². The lowest BCUT2D eigenvalue weighted by molar-refractivity contribution is 0.378. The zero-order valence-electron chi connectivity index (χ0n) is 10.2. The smallest absolute Gasteiger partial charge is 0.231 e. The van der Waals surface area contributed by atoms with E-state index in [1.165, 1.54) is 11.1 Å². The fraction of sp³-hybridized carbons (Fsp3) is 0.385. The van der Waals surface area contributed by atoms with Gasteiger partial charge in [0, 0.05) is 0 Å². The van der Waals surface area contributed by atoms with E-state index in [0.717, 1.165) is 6.54 Å². The summed E-state index contributed by atoms with van der Waals surface area (Å²) in [7, 11) is 0. The van der Waals surface area contributed by atoms with Crippen LogP contribution in [0.25, 0.3) is 0 Å². The van der Waals surface area contributed by atoms with E-state index in [1.807, 2.05) is 6.92 Å². The summed E-state index contributed by atoms with van der Waals surface area (Å²) in [5, 5.41) is 7.08. The third-order valence-electron chi connectivity index (χ3n) is 2.52. The summed E-state index contributed by atoms with van der Waals surface area (Å²) in [5.74, 6) is 1.38.